The van der Waals surface area contributed by atoms with Crippen molar-refractivity contribution in [3.05, 3.63) is 101 Å². The third-order valence-corrected chi connectivity index (χ3v) is 6.27. The average Bonchev–Trinajstić information content (AvgIpc) is 3.64. The van der Waals surface area contributed by atoms with Gasteiger partial charge in [-0.15, -0.1) is 16.4 Å². The molecule has 0 spiro atoms. The Morgan fingerprint density at radius 2 is 1.82 bits per heavy atom. The van der Waals surface area contributed by atoms with Gasteiger partial charge in [-0.1, -0.05) is 41.6 Å². The molecule has 0 fully saturated rings. The number of para-hydroxylation sites is 2. The van der Waals surface area contributed by atoms with Gasteiger partial charge in [0, 0.05) is 10.6 Å². The van der Waals surface area contributed by atoms with Gasteiger partial charge in [-0.05, 0) is 47.8 Å². The molecule has 0 aliphatic heterocycles. The Morgan fingerprint density at radius 1 is 1.00 bits per heavy atom. The minimum Gasteiger partial charge on any atom is -0.467 e. The van der Waals surface area contributed by atoms with E-state index in [9.17, 15) is 9.59 Å². The van der Waals surface area contributed by atoms with Crippen molar-refractivity contribution in [2.24, 2.45) is 0 Å². The maximum absolute atomic E-state index is 13.8. The maximum atomic E-state index is 13.8. The summed E-state index contributed by atoms with van der Waals surface area (Å²) in [5.74, 6) is 0.0397. The summed E-state index contributed by atoms with van der Waals surface area (Å²) in [4.78, 5) is 29.5. The number of aromatic nitrogens is 3. The number of hydrogen-bond acceptors (Lipinski definition) is 6. The topological polar surface area (TPSA) is 93.3 Å². The number of amides is 2. The average molecular weight is 472 g/mol. The largest absolute Gasteiger partial charge is 0.467 e. The number of carbonyl (C=O) groups excluding carboxylic acids is 2. The van der Waals surface area contributed by atoms with E-state index < -0.39 is 6.04 Å². The van der Waals surface area contributed by atoms with Gasteiger partial charge in [0.1, 0.15) is 23.9 Å². The molecule has 0 aliphatic rings. The Bertz CT molecular complexity index is 1380. The van der Waals surface area contributed by atoms with Crippen LogP contribution in [0.25, 0.3) is 11.0 Å². The SMILES string of the molecule is O=C(NCc1ccco1)[C@@H](c1cccs1)N(C(=O)Cn1nnc2ccccc21)c1ccccc1. The highest BCUT2D eigenvalue weighted by molar-refractivity contribution is 7.10. The Balaban J connectivity index is 1.50. The van der Waals surface area contributed by atoms with Gasteiger partial charge in [0.05, 0.1) is 18.3 Å². The third-order valence-electron chi connectivity index (χ3n) is 5.34. The summed E-state index contributed by atoms with van der Waals surface area (Å²) in [6.45, 7) is 0.154. The number of rotatable bonds is 8. The van der Waals surface area contributed by atoms with Crippen molar-refractivity contribution < 1.29 is 14.0 Å². The Morgan fingerprint density at radius 3 is 2.59 bits per heavy atom. The van der Waals surface area contributed by atoms with Crippen molar-refractivity contribution in [3.8, 4) is 0 Å². The first-order valence-electron chi connectivity index (χ1n) is 10.7. The van der Waals surface area contributed by atoms with Crippen molar-refractivity contribution in [1.29, 1.82) is 0 Å². The van der Waals surface area contributed by atoms with E-state index in [1.165, 1.54) is 16.2 Å². The maximum Gasteiger partial charge on any atom is 0.249 e. The van der Waals surface area contributed by atoms with Crippen molar-refractivity contribution in [1.82, 2.24) is 20.3 Å². The lowest BCUT2D eigenvalue weighted by atomic mass is 10.1. The van der Waals surface area contributed by atoms with Gasteiger partial charge in [0.2, 0.25) is 11.8 Å². The van der Waals surface area contributed by atoms with E-state index >= 15 is 0 Å². The normalized spacial score (nSPS) is 11.9. The van der Waals surface area contributed by atoms with Crippen LogP contribution in [0.15, 0.2) is 94.9 Å². The van der Waals surface area contributed by atoms with Crippen LogP contribution in [-0.4, -0.2) is 26.8 Å². The van der Waals surface area contributed by atoms with Crippen LogP contribution in [0, 0.1) is 0 Å². The first-order chi connectivity index (χ1) is 16.7. The monoisotopic (exact) mass is 471 g/mol. The quantitative estimate of drug-likeness (QED) is 0.367. The second-order valence-electron chi connectivity index (χ2n) is 7.55. The standard InChI is InChI=1S/C25H21N5O3S/c31-23(17-29-21-12-5-4-11-20(21)27-28-29)30(18-8-2-1-3-9-18)24(22-13-7-15-34-22)25(32)26-16-19-10-6-14-33-19/h1-15,24H,16-17H2,(H,26,32)/t24-/m1/s1. The fraction of sp³-hybridized carbons (Fsp3) is 0.120. The van der Waals surface area contributed by atoms with Crippen LogP contribution < -0.4 is 10.2 Å². The molecular weight excluding hydrogens is 450 g/mol. The van der Waals surface area contributed by atoms with Gasteiger partial charge in [-0.2, -0.15) is 0 Å². The van der Waals surface area contributed by atoms with Crippen LogP contribution >= 0.6 is 11.3 Å². The highest BCUT2D eigenvalue weighted by atomic mass is 32.1. The summed E-state index contributed by atoms with van der Waals surface area (Å²) in [6.07, 6.45) is 1.56. The molecule has 2 amide bonds. The Kier molecular flexibility index (Phi) is 6.17. The van der Waals surface area contributed by atoms with Crippen LogP contribution in [0.5, 0.6) is 0 Å². The van der Waals surface area contributed by atoms with Crippen molar-refractivity contribution in [2.45, 2.75) is 19.1 Å². The fourth-order valence-electron chi connectivity index (χ4n) is 3.77. The van der Waals surface area contributed by atoms with Crippen LogP contribution in [0.3, 0.4) is 0 Å². The molecular formula is C25H21N5O3S. The molecule has 8 nitrogen and oxygen atoms in total. The van der Waals surface area contributed by atoms with E-state index in [2.05, 4.69) is 15.6 Å². The van der Waals surface area contributed by atoms with Crippen LogP contribution in [0.2, 0.25) is 0 Å². The number of fused-ring (bicyclic) bond motifs is 1. The molecule has 5 rings (SSSR count). The zero-order chi connectivity index (χ0) is 23.3. The summed E-state index contributed by atoms with van der Waals surface area (Å²) in [6, 6.07) is 23.0. The predicted molar refractivity (Wildman–Crippen MR) is 129 cm³/mol. The molecule has 3 aromatic heterocycles. The summed E-state index contributed by atoms with van der Waals surface area (Å²) in [5.41, 5.74) is 2.06. The first-order valence-corrected chi connectivity index (χ1v) is 11.6. The van der Waals surface area contributed by atoms with Crippen LogP contribution in [-0.2, 0) is 22.7 Å². The van der Waals surface area contributed by atoms with E-state index in [4.69, 9.17) is 4.42 Å². The smallest absolute Gasteiger partial charge is 0.249 e. The minimum atomic E-state index is -0.861. The number of hydrogen-bond donors (Lipinski definition) is 1. The molecule has 1 atom stereocenters. The second-order valence-corrected chi connectivity index (χ2v) is 8.53. The van der Waals surface area contributed by atoms with E-state index in [-0.39, 0.29) is 24.9 Å². The lowest BCUT2D eigenvalue weighted by Gasteiger charge is -2.30. The molecule has 170 valence electrons. The summed E-state index contributed by atoms with van der Waals surface area (Å²) in [5, 5.41) is 13.1. The number of carbonyl (C=O) groups is 2. The first kappa shape index (κ1) is 21.6. The molecule has 9 heteroatoms. The highest BCUT2D eigenvalue weighted by Gasteiger charge is 2.34. The molecule has 34 heavy (non-hydrogen) atoms. The van der Waals surface area contributed by atoms with Crippen molar-refractivity contribution >= 4 is 39.9 Å². The van der Waals surface area contributed by atoms with Gasteiger partial charge < -0.3 is 9.73 Å². The molecule has 0 saturated carbocycles. The number of nitrogens with one attached hydrogen (secondary N) is 1. The number of benzene rings is 2. The molecule has 1 N–H and O–H groups in total. The van der Waals surface area contributed by atoms with Gasteiger partial charge in [0.15, 0.2) is 0 Å². The van der Waals surface area contributed by atoms with Gasteiger partial charge in [-0.25, -0.2) is 4.68 Å². The van der Waals surface area contributed by atoms with Crippen LogP contribution in [0.4, 0.5) is 5.69 Å². The lowest BCUT2D eigenvalue weighted by Crippen LogP contribution is -2.44. The van der Waals surface area contributed by atoms with E-state index in [1.54, 1.807) is 23.1 Å². The van der Waals surface area contributed by atoms with Crippen molar-refractivity contribution in [2.75, 3.05) is 4.90 Å². The predicted octanol–water partition coefficient (Wildman–Crippen LogP) is 4.18. The summed E-state index contributed by atoms with van der Waals surface area (Å²) < 4.78 is 6.90. The molecule has 2 aromatic carbocycles. The fourth-order valence-corrected chi connectivity index (χ4v) is 4.58. The summed E-state index contributed by atoms with van der Waals surface area (Å²) >= 11 is 1.42. The number of nitrogens with zero attached hydrogens (tertiary/aromatic N) is 4. The van der Waals surface area contributed by atoms with Gasteiger partial charge >= 0.3 is 0 Å². The minimum absolute atomic E-state index is 0.0667. The van der Waals surface area contributed by atoms with E-state index in [0.29, 0.717) is 17.0 Å². The zero-order valence-electron chi connectivity index (χ0n) is 18.1. The highest BCUT2D eigenvalue weighted by Crippen LogP contribution is 2.31. The Labute approximate surface area is 199 Å². The molecule has 0 saturated heterocycles. The second kappa shape index (κ2) is 9.72. The number of thiophene rings is 1. The van der Waals surface area contributed by atoms with E-state index in [1.807, 2.05) is 72.1 Å². The van der Waals surface area contributed by atoms with Crippen LogP contribution in [0.1, 0.15) is 16.7 Å². The molecule has 0 unspecified atom stereocenters. The zero-order valence-corrected chi connectivity index (χ0v) is 18.9. The lowest BCUT2D eigenvalue weighted by molar-refractivity contribution is -0.127. The van der Waals surface area contributed by atoms with E-state index in [0.717, 1.165) is 10.4 Å². The molecule has 0 bridgehead atoms. The van der Waals surface area contributed by atoms with Gasteiger partial charge in [-0.3, -0.25) is 14.5 Å². The van der Waals surface area contributed by atoms with Gasteiger partial charge in [0.25, 0.3) is 0 Å². The molecule has 0 aliphatic carbocycles. The third kappa shape index (κ3) is 4.46. The molecule has 3 heterocycles. The van der Waals surface area contributed by atoms with Crippen molar-refractivity contribution in [3.63, 3.8) is 0 Å². The Hall–Kier alpha value is -4.24. The number of furan rings is 1. The summed E-state index contributed by atoms with van der Waals surface area (Å²) in [7, 11) is 0. The molecule has 5 aromatic rings. The number of anilines is 1. The molecule has 0 radical (unpaired) electrons.